The molecule has 0 aliphatic heterocycles. The van der Waals surface area contributed by atoms with E-state index >= 15 is 0 Å². The van der Waals surface area contributed by atoms with E-state index < -0.39 is 6.10 Å². The quantitative estimate of drug-likeness (QED) is 0.689. The summed E-state index contributed by atoms with van der Waals surface area (Å²) < 4.78 is 13.1. The van der Waals surface area contributed by atoms with Crippen LogP contribution in [-0.2, 0) is 0 Å². The van der Waals surface area contributed by atoms with Crippen molar-refractivity contribution in [2.24, 2.45) is 0 Å². The van der Waals surface area contributed by atoms with Crippen LogP contribution in [-0.4, -0.2) is 5.11 Å². The molecule has 0 heterocycles. The minimum absolute atomic E-state index is 0.275. The monoisotopic (exact) mass is 178 g/mol. The average molecular weight is 178 g/mol. The van der Waals surface area contributed by atoms with Gasteiger partial charge in [0.1, 0.15) is 5.82 Å². The first-order valence-electron chi connectivity index (χ1n) is 4.08. The molecule has 0 aliphatic carbocycles. The molecule has 13 heavy (non-hydrogen) atoms. The molecule has 2 heteroatoms. The Labute approximate surface area is 77.2 Å². The summed E-state index contributed by atoms with van der Waals surface area (Å²) in [5, 5.41) is 9.49. The normalized spacial score (nSPS) is 11.6. The lowest BCUT2D eigenvalue weighted by Crippen LogP contribution is -1.98. The molecular formula is C11H11FO. The molecular weight excluding hydrogens is 167 g/mol. The van der Waals surface area contributed by atoms with Gasteiger partial charge in [-0.1, -0.05) is 18.2 Å². The second-order valence-electron chi connectivity index (χ2n) is 2.67. The fraction of sp³-hybridized carbons (Fsp3) is 0.273. The molecule has 0 bridgehead atoms. The Hall–Kier alpha value is -1.33. The van der Waals surface area contributed by atoms with Crippen molar-refractivity contribution in [3.63, 3.8) is 0 Å². The molecule has 0 aliphatic rings. The van der Waals surface area contributed by atoms with Crippen molar-refractivity contribution in [1.29, 1.82) is 0 Å². The maximum absolute atomic E-state index is 13.1. The highest BCUT2D eigenvalue weighted by Crippen LogP contribution is 2.18. The largest absolute Gasteiger partial charge is 0.387 e. The fourth-order valence-electron chi connectivity index (χ4n) is 1.05. The predicted molar refractivity (Wildman–Crippen MR) is 49.4 cm³/mol. The topological polar surface area (TPSA) is 20.2 Å². The Balaban J connectivity index is 2.80. The second-order valence-corrected chi connectivity index (χ2v) is 2.67. The SMILES string of the molecule is CC#CCC(O)c1ccccc1F. The number of hydrogen-bond donors (Lipinski definition) is 1. The lowest BCUT2D eigenvalue weighted by atomic mass is 10.1. The molecule has 1 unspecified atom stereocenters. The fourth-order valence-corrected chi connectivity index (χ4v) is 1.05. The first-order chi connectivity index (χ1) is 6.25. The molecule has 0 saturated carbocycles. The second kappa shape index (κ2) is 4.64. The van der Waals surface area contributed by atoms with Gasteiger partial charge < -0.3 is 5.11 Å². The molecule has 68 valence electrons. The van der Waals surface area contributed by atoms with Crippen LogP contribution in [0.3, 0.4) is 0 Å². The molecule has 1 nitrogen and oxygen atoms in total. The van der Waals surface area contributed by atoms with Crippen molar-refractivity contribution in [1.82, 2.24) is 0 Å². The third kappa shape index (κ3) is 2.57. The third-order valence-corrected chi connectivity index (χ3v) is 1.74. The van der Waals surface area contributed by atoms with Gasteiger partial charge in [0.15, 0.2) is 0 Å². The first-order valence-corrected chi connectivity index (χ1v) is 4.08. The lowest BCUT2D eigenvalue weighted by molar-refractivity contribution is 0.179. The van der Waals surface area contributed by atoms with Gasteiger partial charge >= 0.3 is 0 Å². The van der Waals surface area contributed by atoms with Gasteiger partial charge in [-0.2, -0.15) is 0 Å². The van der Waals surface area contributed by atoms with Crippen LogP contribution in [0.1, 0.15) is 25.0 Å². The zero-order valence-corrected chi connectivity index (χ0v) is 7.42. The van der Waals surface area contributed by atoms with Gasteiger partial charge in [0.2, 0.25) is 0 Å². The summed E-state index contributed by atoms with van der Waals surface area (Å²) in [7, 11) is 0. The van der Waals surface area contributed by atoms with Crippen LogP contribution < -0.4 is 0 Å². The molecule has 0 fully saturated rings. The molecule has 0 spiro atoms. The van der Waals surface area contributed by atoms with Crippen LogP contribution in [0.5, 0.6) is 0 Å². The zero-order chi connectivity index (χ0) is 9.68. The van der Waals surface area contributed by atoms with E-state index in [1.165, 1.54) is 6.07 Å². The molecule has 0 amide bonds. The molecule has 1 rings (SSSR count). The van der Waals surface area contributed by atoms with Crippen molar-refractivity contribution in [2.45, 2.75) is 19.4 Å². The van der Waals surface area contributed by atoms with Crippen molar-refractivity contribution in [3.8, 4) is 11.8 Å². The molecule has 0 radical (unpaired) electrons. The standard InChI is InChI=1S/C11H11FO/c1-2-3-8-11(13)9-6-4-5-7-10(9)12/h4-7,11,13H,8H2,1H3. The smallest absolute Gasteiger partial charge is 0.129 e. The van der Waals surface area contributed by atoms with Crippen LogP contribution in [0, 0.1) is 17.7 Å². The minimum atomic E-state index is -0.825. The van der Waals surface area contributed by atoms with E-state index in [-0.39, 0.29) is 12.2 Å². The Morgan fingerprint density at radius 1 is 1.46 bits per heavy atom. The molecule has 1 atom stereocenters. The van der Waals surface area contributed by atoms with E-state index in [0.29, 0.717) is 5.56 Å². The maximum Gasteiger partial charge on any atom is 0.129 e. The first kappa shape index (κ1) is 9.76. The molecule has 1 aromatic rings. The summed E-state index contributed by atoms with van der Waals surface area (Å²) in [6.07, 6.45) is -0.550. The maximum atomic E-state index is 13.1. The lowest BCUT2D eigenvalue weighted by Gasteiger charge is -2.07. The van der Waals surface area contributed by atoms with E-state index in [9.17, 15) is 9.50 Å². The van der Waals surface area contributed by atoms with E-state index in [1.807, 2.05) is 0 Å². The van der Waals surface area contributed by atoms with Crippen LogP contribution in [0.2, 0.25) is 0 Å². The van der Waals surface area contributed by atoms with Crippen LogP contribution >= 0.6 is 0 Å². The number of aliphatic hydroxyl groups excluding tert-OH is 1. The Kier molecular flexibility index (Phi) is 3.48. The summed E-state index contributed by atoms with van der Waals surface area (Å²) >= 11 is 0. The molecule has 0 aromatic heterocycles. The molecule has 1 aromatic carbocycles. The molecule has 0 saturated heterocycles. The number of aliphatic hydroxyl groups is 1. The Bertz CT molecular complexity index is 335. The predicted octanol–water partition coefficient (Wildman–Crippen LogP) is 2.27. The Morgan fingerprint density at radius 3 is 2.77 bits per heavy atom. The average Bonchev–Trinajstić information content (AvgIpc) is 2.15. The van der Waals surface area contributed by atoms with Gasteiger partial charge in [-0.25, -0.2) is 4.39 Å². The third-order valence-electron chi connectivity index (χ3n) is 1.74. The van der Waals surface area contributed by atoms with Crippen molar-refractivity contribution in [3.05, 3.63) is 35.6 Å². The van der Waals surface area contributed by atoms with Gasteiger partial charge in [-0.3, -0.25) is 0 Å². The number of rotatable bonds is 2. The summed E-state index contributed by atoms with van der Waals surface area (Å²) in [5.41, 5.74) is 0.310. The number of hydrogen-bond acceptors (Lipinski definition) is 1. The summed E-state index contributed by atoms with van der Waals surface area (Å²) in [6, 6.07) is 6.19. The van der Waals surface area contributed by atoms with Gasteiger partial charge in [0.05, 0.1) is 6.10 Å². The minimum Gasteiger partial charge on any atom is -0.387 e. The summed E-state index contributed by atoms with van der Waals surface area (Å²) in [6.45, 7) is 1.69. The summed E-state index contributed by atoms with van der Waals surface area (Å²) in [4.78, 5) is 0. The number of benzene rings is 1. The van der Waals surface area contributed by atoms with Crippen molar-refractivity contribution >= 4 is 0 Å². The van der Waals surface area contributed by atoms with Gasteiger partial charge in [-0.05, 0) is 13.0 Å². The highest BCUT2D eigenvalue weighted by atomic mass is 19.1. The van der Waals surface area contributed by atoms with Crippen molar-refractivity contribution in [2.75, 3.05) is 0 Å². The van der Waals surface area contributed by atoms with E-state index in [4.69, 9.17) is 0 Å². The van der Waals surface area contributed by atoms with Gasteiger partial charge in [-0.15, -0.1) is 11.8 Å². The van der Waals surface area contributed by atoms with E-state index in [1.54, 1.807) is 25.1 Å². The summed E-state index contributed by atoms with van der Waals surface area (Å²) in [5.74, 6) is 4.98. The zero-order valence-electron chi connectivity index (χ0n) is 7.42. The molecule has 1 N–H and O–H groups in total. The van der Waals surface area contributed by atoms with Crippen molar-refractivity contribution < 1.29 is 9.50 Å². The van der Waals surface area contributed by atoms with Crippen LogP contribution in [0.15, 0.2) is 24.3 Å². The van der Waals surface area contributed by atoms with Gasteiger partial charge in [0, 0.05) is 12.0 Å². The van der Waals surface area contributed by atoms with E-state index in [0.717, 1.165) is 0 Å². The van der Waals surface area contributed by atoms with E-state index in [2.05, 4.69) is 11.8 Å². The highest BCUT2D eigenvalue weighted by molar-refractivity contribution is 5.21. The number of halogens is 1. The Morgan fingerprint density at radius 2 is 2.15 bits per heavy atom. The van der Waals surface area contributed by atoms with Crippen LogP contribution in [0.4, 0.5) is 4.39 Å². The highest BCUT2D eigenvalue weighted by Gasteiger charge is 2.09. The van der Waals surface area contributed by atoms with Crippen LogP contribution in [0.25, 0.3) is 0 Å². The van der Waals surface area contributed by atoms with Gasteiger partial charge in [0.25, 0.3) is 0 Å².